The summed E-state index contributed by atoms with van der Waals surface area (Å²) < 4.78 is 0. The molecule has 0 aromatic heterocycles. The number of rotatable bonds is 2. The van der Waals surface area contributed by atoms with Gasteiger partial charge in [-0.1, -0.05) is 12.1 Å². The number of hydrogen-bond donors (Lipinski definition) is 6. The van der Waals surface area contributed by atoms with Gasteiger partial charge in [0.25, 0.3) is 5.91 Å². The van der Waals surface area contributed by atoms with Crippen molar-refractivity contribution in [1.82, 2.24) is 4.90 Å². The Morgan fingerprint density at radius 3 is 2.34 bits per heavy atom. The maximum atomic E-state index is 13.3. The molecular weight excluding hydrogens is 420 g/mol. The number of aliphatic hydroxyl groups excluding tert-OH is 2. The summed E-state index contributed by atoms with van der Waals surface area (Å²) in [7, 11) is 3.06. The van der Waals surface area contributed by atoms with E-state index in [2.05, 4.69) is 0 Å². The first-order valence-electron chi connectivity index (χ1n) is 9.97. The molecule has 0 spiro atoms. The molecule has 0 heterocycles. The van der Waals surface area contributed by atoms with Crippen LogP contribution in [0, 0.1) is 11.8 Å². The highest BCUT2D eigenvalue weighted by molar-refractivity contribution is 6.24. The fourth-order valence-corrected chi connectivity index (χ4v) is 5.51. The molecule has 3 aliphatic rings. The molecule has 32 heavy (non-hydrogen) atoms. The Balaban J connectivity index is 2.05. The van der Waals surface area contributed by atoms with Gasteiger partial charge >= 0.3 is 0 Å². The van der Waals surface area contributed by atoms with Gasteiger partial charge in [-0.05, 0) is 39.1 Å². The van der Waals surface area contributed by atoms with Gasteiger partial charge in [0, 0.05) is 17.4 Å². The fraction of sp³-hybridized carbons (Fsp3) is 0.409. The number of phenolic OH excluding ortho intramolecular Hbond substituents is 1. The van der Waals surface area contributed by atoms with Crippen molar-refractivity contribution < 1.29 is 39.9 Å². The van der Waals surface area contributed by atoms with Crippen LogP contribution in [0.25, 0.3) is 0 Å². The lowest BCUT2D eigenvalue weighted by molar-refractivity contribution is -0.151. The van der Waals surface area contributed by atoms with Crippen LogP contribution in [0.2, 0.25) is 0 Å². The van der Waals surface area contributed by atoms with Crippen molar-refractivity contribution >= 4 is 17.5 Å². The Labute approximate surface area is 182 Å². The number of nitrogens with two attached hydrogens (primary N) is 1. The molecule has 1 amide bonds. The molecule has 170 valence electrons. The number of amides is 1. The normalized spacial score (nSPS) is 34.4. The highest BCUT2D eigenvalue weighted by Gasteiger charge is 2.65. The maximum Gasteiger partial charge on any atom is 0.255 e. The summed E-state index contributed by atoms with van der Waals surface area (Å²) in [5.74, 6) is -7.89. The van der Waals surface area contributed by atoms with Crippen molar-refractivity contribution in [3.63, 3.8) is 0 Å². The molecule has 0 radical (unpaired) electrons. The molecule has 0 saturated heterocycles. The monoisotopic (exact) mass is 444 g/mol. The molecule has 1 aromatic carbocycles. The molecule has 0 aliphatic heterocycles. The smallest absolute Gasteiger partial charge is 0.255 e. The third-order valence-corrected chi connectivity index (χ3v) is 7.02. The number of carbonyl (C=O) groups excluding carboxylic acids is 3. The molecule has 5 atom stereocenters. The lowest BCUT2D eigenvalue weighted by Crippen LogP contribution is -2.65. The minimum atomic E-state index is -2.75. The third-order valence-electron chi connectivity index (χ3n) is 7.02. The highest BCUT2D eigenvalue weighted by atomic mass is 16.3. The second-order valence-corrected chi connectivity index (χ2v) is 8.96. The predicted molar refractivity (Wildman–Crippen MR) is 110 cm³/mol. The summed E-state index contributed by atoms with van der Waals surface area (Å²) in [5, 5.41) is 55.0. The van der Waals surface area contributed by atoms with Gasteiger partial charge in [-0.25, -0.2) is 0 Å². The molecule has 3 unspecified atom stereocenters. The van der Waals surface area contributed by atoms with Gasteiger partial charge in [0.15, 0.2) is 11.4 Å². The Morgan fingerprint density at radius 1 is 1.16 bits per heavy atom. The number of aromatic hydroxyl groups is 1. The minimum Gasteiger partial charge on any atom is -0.510 e. The van der Waals surface area contributed by atoms with E-state index >= 15 is 0 Å². The Kier molecular flexibility index (Phi) is 4.57. The number of primary amides is 1. The van der Waals surface area contributed by atoms with Gasteiger partial charge in [0.2, 0.25) is 5.78 Å². The van der Waals surface area contributed by atoms with Crippen molar-refractivity contribution in [2.24, 2.45) is 17.6 Å². The predicted octanol–water partition coefficient (Wildman–Crippen LogP) is -0.214. The van der Waals surface area contributed by atoms with E-state index in [9.17, 15) is 39.9 Å². The first kappa shape index (κ1) is 22.0. The lowest BCUT2D eigenvalue weighted by Gasteiger charge is -2.52. The maximum absolute atomic E-state index is 13.3. The van der Waals surface area contributed by atoms with Gasteiger partial charge in [-0.2, -0.15) is 0 Å². The number of nitrogens with zero attached hydrogens (tertiary/aromatic N) is 1. The summed E-state index contributed by atoms with van der Waals surface area (Å²) in [4.78, 5) is 39.9. The van der Waals surface area contributed by atoms with Crippen molar-refractivity contribution in [3.05, 3.63) is 52.0 Å². The Bertz CT molecular complexity index is 1150. The second-order valence-electron chi connectivity index (χ2n) is 8.96. The summed E-state index contributed by atoms with van der Waals surface area (Å²) in [5.41, 5.74) is -0.654. The highest BCUT2D eigenvalue weighted by Crippen LogP contribution is 2.56. The van der Waals surface area contributed by atoms with E-state index in [1.54, 1.807) is 0 Å². The molecule has 10 nitrogen and oxygen atoms in total. The number of carbonyl (C=O) groups is 3. The van der Waals surface area contributed by atoms with Gasteiger partial charge in [-0.15, -0.1) is 0 Å². The van der Waals surface area contributed by atoms with Crippen molar-refractivity contribution in [1.29, 1.82) is 0 Å². The molecule has 0 fully saturated rings. The zero-order valence-corrected chi connectivity index (χ0v) is 17.7. The third kappa shape index (κ3) is 2.48. The van der Waals surface area contributed by atoms with Crippen molar-refractivity contribution in [2.45, 2.75) is 30.6 Å². The van der Waals surface area contributed by atoms with Crippen molar-refractivity contribution in [2.75, 3.05) is 14.1 Å². The lowest BCUT2D eigenvalue weighted by atomic mass is 9.55. The molecule has 1 aromatic rings. The molecule has 4 rings (SSSR count). The standard InChI is InChI=1S/C22H24N2O8/c1-21(31)8-5-4-6-11(25)12(8)16(26)13-9(21)7-10-15(24(2)3)17(27)14(20(23)30)19(29)22(10,32)18(13)28/h4-6,9-10,15,25,27-28,31-32H,7H2,1-3H3,(H2,23,30)/t9?,10?,15-,21+,22?/m0/s1. The van der Waals surface area contributed by atoms with Gasteiger partial charge in [-0.3, -0.25) is 19.3 Å². The van der Waals surface area contributed by atoms with E-state index < -0.39 is 75.0 Å². The van der Waals surface area contributed by atoms with Crippen LogP contribution in [-0.4, -0.2) is 73.6 Å². The van der Waals surface area contributed by atoms with Gasteiger partial charge in [0.1, 0.15) is 22.8 Å². The van der Waals surface area contributed by atoms with Crippen LogP contribution in [0.3, 0.4) is 0 Å². The number of ketones is 2. The van der Waals surface area contributed by atoms with Crippen LogP contribution < -0.4 is 5.73 Å². The van der Waals surface area contributed by atoms with Gasteiger partial charge < -0.3 is 31.3 Å². The second kappa shape index (κ2) is 6.64. The summed E-state index contributed by atoms with van der Waals surface area (Å²) >= 11 is 0. The number of fused-ring (bicyclic) bond motifs is 3. The average Bonchev–Trinajstić information content (AvgIpc) is 2.68. The van der Waals surface area contributed by atoms with Crippen LogP contribution >= 0.6 is 0 Å². The van der Waals surface area contributed by atoms with Crippen LogP contribution in [0.4, 0.5) is 0 Å². The van der Waals surface area contributed by atoms with Gasteiger partial charge in [0.05, 0.1) is 17.2 Å². The SMILES string of the molecule is CN(C)[C@@H]1C(O)=C(C(N)=O)C(=O)C2(O)C(O)=C3C(=O)c4c(O)cccc4[C@@](C)(O)C3CC12. The van der Waals surface area contributed by atoms with E-state index in [0.29, 0.717) is 0 Å². The van der Waals surface area contributed by atoms with Crippen LogP contribution in [-0.2, 0) is 15.2 Å². The van der Waals surface area contributed by atoms with Crippen LogP contribution in [0.1, 0.15) is 29.3 Å². The molecule has 0 bridgehead atoms. The molecule has 7 N–H and O–H groups in total. The summed E-state index contributed by atoms with van der Waals surface area (Å²) in [6, 6.07) is 3.05. The minimum absolute atomic E-state index is 0.135. The number of likely N-dealkylation sites (N-methyl/N-ethyl adjacent to an activating group) is 1. The van der Waals surface area contributed by atoms with E-state index in [-0.39, 0.29) is 17.5 Å². The zero-order chi connectivity index (χ0) is 23.9. The molecule has 10 heteroatoms. The summed E-state index contributed by atoms with van der Waals surface area (Å²) in [6.45, 7) is 1.40. The molecular formula is C22H24N2O8. The number of benzene rings is 1. The number of phenols is 1. The quantitative estimate of drug-likeness (QED) is 0.336. The van der Waals surface area contributed by atoms with Crippen LogP contribution in [0.5, 0.6) is 5.75 Å². The first-order valence-corrected chi connectivity index (χ1v) is 9.97. The number of aliphatic hydroxyl groups is 4. The van der Waals surface area contributed by atoms with E-state index in [1.807, 2.05) is 0 Å². The van der Waals surface area contributed by atoms with E-state index in [4.69, 9.17) is 5.73 Å². The summed E-state index contributed by atoms with van der Waals surface area (Å²) in [6.07, 6.45) is -0.200. The van der Waals surface area contributed by atoms with E-state index in [1.165, 1.54) is 44.1 Å². The fourth-order valence-electron chi connectivity index (χ4n) is 5.51. The first-order chi connectivity index (χ1) is 14.8. The molecule has 3 aliphatic carbocycles. The number of Topliss-reactive ketones (excluding diaryl/α,β-unsaturated/α-hetero) is 2. The van der Waals surface area contributed by atoms with Crippen LogP contribution in [0.15, 0.2) is 40.9 Å². The van der Waals surface area contributed by atoms with E-state index in [0.717, 1.165) is 0 Å². The Hall–Kier alpha value is -3.21. The topological polar surface area (TPSA) is 182 Å². The van der Waals surface area contributed by atoms with Crippen molar-refractivity contribution in [3.8, 4) is 5.75 Å². The largest absolute Gasteiger partial charge is 0.510 e. The Morgan fingerprint density at radius 2 is 1.78 bits per heavy atom. The average molecular weight is 444 g/mol. The number of hydrogen-bond acceptors (Lipinski definition) is 9. The zero-order valence-electron chi connectivity index (χ0n) is 17.7. The molecule has 0 saturated carbocycles.